The topological polar surface area (TPSA) is 66.4 Å². The summed E-state index contributed by atoms with van der Waals surface area (Å²) in [5.74, 6) is 0.431. The Morgan fingerprint density at radius 3 is 2.39 bits per heavy atom. The second-order valence-corrected chi connectivity index (χ2v) is 5.45. The Hall–Kier alpha value is -1.06. The highest BCUT2D eigenvalue weighted by atomic mass is 16.4. The third kappa shape index (κ3) is 6.03. The van der Waals surface area contributed by atoms with Gasteiger partial charge in [0, 0.05) is 18.9 Å². The van der Waals surface area contributed by atoms with Crippen molar-refractivity contribution in [2.75, 3.05) is 6.54 Å². The first-order valence-electron chi connectivity index (χ1n) is 7.09. The predicted molar refractivity (Wildman–Crippen MR) is 70.2 cm³/mol. The zero-order valence-corrected chi connectivity index (χ0v) is 11.3. The minimum atomic E-state index is -0.740. The number of hydrogen-bond acceptors (Lipinski definition) is 2. The van der Waals surface area contributed by atoms with E-state index in [1.54, 1.807) is 0 Å². The van der Waals surface area contributed by atoms with Crippen LogP contribution in [-0.4, -0.2) is 23.5 Å². The van der Waals surface area contributed by atoms with E-state index in [-0.39, 0.29) is 18.2 Å². The molecule has 2 N–H and O–H groups in total. The molecule has 0 spiro atoms. The number of carbonyl (C=O) groups is 2. The van der Waals surface area contributed by atoms with Gasteiger partial charge in [0.25, 0.3) is 0 Å². The van der Waals surface area contributed by atoms with Gasteiger partial charge in [0.15, 0.2) is 0 Å². The largest absolute Gasteiger partial charge is 0.481 e. The predicted octanol–water partition coefficient (Wildman–Crippen LogP) is 2.57. The van der Waals surface area contributed by atoms with Crippen LogP contribution in [0.25, 0.3) is 0 Å². The number of carboxylic acid groups (broad SMARTS) is 1. The van der Waals surface area contributed by atoms with Crippen molar-refractivity contribution in [2.45, 2.75) is 58.3 Å². The molecule has 1 aliphatic rings. The van der Waals surface area contributed by atoms with Crippen LogP contribution >= 0.6 is 0 Å². The molecule has 4 nitrogen and oxygen atoms in total. The van der Waals surface area contributed by atoms with E-state index in [0.29, 0.717) is 13.0 Å². The lowest BCUT2D eigenvalue weighted by molar-refractivity contribution is -0.137. The van der Waals surface area contributed by atoms with Gasteiger partial charge in [-0.15, -0.1) is 0 Å². The normalized spacial score (nSPS) is 23.6. The number of rotatable bonds is 7. The highest BCUT2D eigenvalue weighted by molar-refractivity contribution is 5.78. The summed E-state index contributed by atoms with van der Waals surface area (Å²) in [4.78, 5) is 22.1. The zero-order chi connectivity index (χ0) is 13.4. The molecule has 18 heavy (non-hydrogen) atoms. The van der Waals surface area contributed by atoms with Crippen LogP contribution in [0.5, 0.6) is 0 Å². The maximum Gasteiger partial charge on any atom is 0.303 e. The van der Waals surface area contributed by atoms with E-state index in [0.717, 1.165) is 44.4 Å². The standard InChI is InChI=1S/C14H25NO3/c1-11-6-8-12(9-7-11)14(18)15-10-4-2-3-5-13(16)17/h11-12H,2-10H2,1H3,(H,15,18)(H,16,17). The summed E-state index contributed by atoms with van der Waals surface area (Å²) in [5, 5.41) is 11.4. The highest BCUT2D eigenvalue weighted by Gasteiger charge is 2.23. The molecular weight excluding hydrogens is 230 g/mol. The molecule has 4 heteroatoms. The van der Waals surface area contributed by atoms with Crippen LogP contribution in [0.4, 0.5) is 0 Å². The number of amides is 1. The maximum absolute atomic E-state index is 11.8. The van der Waals surface area contributed by atoms with Crippen molar-refractivity contribution >= 4 is 11.9 Å². The molecule has 1 rings (SSSR count). The average molecular weight is 255 g/mol. The van der Waals surface area contributed by atoms with Gasteiger partial charge in [-0.25, -0.2) is 0 Å². The van der Waals surface area contributed by atoms with Gasteiger partial charge in [-0.1, -0.05) is 13.3 Å². The van der Waals surface area contributed by atoms with Gasteiger partial charge in [0.05, 0.1) is 0 Å². The molecular formula is C14H25NO3. The molecule has 0 aliphatic heterocycles. The summed E-state index contributed by atoms with van der Waals surface area (Å²) in [5.41, 5.74) is 0. The molecule has 0 atom stereocenters. The Labute approximate surface area is 109 Å². The first-order chi connectivity index (χ1) is 8.59. The number of carbonyl (C=O) groups excluding carboxylic acids is 1. The van der Waals surface area contributed by atoms with E-state index in [9.17, 15) is 9.59 Å². The lowest BCUT2D eigenvalue weighted by atomic mass is 9.82. The summed E-state index contributed by atoms with van der Waals surface area (Å²) in [6.07, 6.45) is 7.04. The van der Waals surface area contributed by atoms with Gasteiger partial charge in [-0.05, 0) is 44.4 Å². The maximum atomic E-state index is 11.8. The first-order valence-corrected chi connectivity index (χ1v) is 7.09. The Morgan fingerprint density at radius 1 is 1.11 bits per heavy atom. The monoisotopic (exact) mass is 255 g/mol. The summed E-state index contributed by atoms with van der Waals surface area (Å²) in [6, 6.07) is 0. The summed E-state index contributed by atoms with van der Waals surface area (Å²) >= 11 is 0. The minimum absolute atomic E-state index is 0.195. The molecule has 1 saturated carbocycles. The van der Waals surface area contributed by atoms with Crippen molar-refractivity contribution in [1.29, 1.82) is 0 Å². The summed E-state index contributed by atoms with van der Waals surface area (Å²) < 4.78 is 0. The molecule has 0 aromatic rings. The lowest BCUT2D eigenvalue weighted by Crippen LogP contribution is -2.33. The van der Waals surface area contributed by atoms with Crippen LogP contribution in [0.15, 0.2) is 0 Å². The number of hydrogen-bond donors (Lipinski definition) is 2. The van der Waals surface area contributed by atoms with E-state index in [1.807, 2.05) is 0 Å². The van der Waals surface area contributed by atoms with E-state index < -0.39 is 5.97 Å². The van der Waals surface area contributed by atoms with Gasteiger partial charge in [0.2, 0.25) is 5.91 Å². The quantitative estimate of drug-likeness (QED) is 0.687. The Bertz CT molecular complexity index is 270. The summed E-state index contributed by atoms with van der Waals surface area (Å²) in [7, 11) is 0. The Kier molecular flexibility index (Phi) is 6.76. The number of nitrogens with one attached hydrogen (secondary N) is 1. The van der Waals surface area contributed by atoms with Crippen LogP contribution in [0.1, 0.15) is 58.3 Å². The third-order valence-electron chi connectivity index (χ3n) is 3.75. The Morgan fingerprint density at radius 2 is 1.78 bits per heavy atom. The van der Waals surface area contributed by atoms with Crippen molar-refractivity contribution in [1.82, 2.24) is 5.32 Å². The molecule has 0 aromatic heterocycles. The third-order valence-corrected chi connectivity index (χ3v) is 3.75. The SMILES string of the molecule is CC1CCC(C(=O)NCCCCCC(=O)O)CC1. The first kappa shape index (κ1) is 15.0. The Balaban J connectivity index is 2.01. The van der Waals surface area contributed by atoms with Crippen LogP contribution < -0.4 is 5.32 Å². The van der Waals surface area contributed by atoms with Crippen molar-refractivity contribution in [3.05, 3.63) is 0 Å². The van der Waals surface area contributed by atoms with Crippen molar-refractivity contribution in [2.24, 2.45) is 11.8 Å². The molecule has 0 bridgehead atoms. The minimum Gasteiger partial charge on any atom is -0.481 e. The van der Waals surface area contributed by atoms with Gasteiger partial charge in [-0.3, -0.25) is 9.59 Å². The lowest BCUT2D eigenvalue weighted by Gasteiger charge is -2.25. The smallest absolute Gasteiger partial charge is 0.303 e. The van der Waals surface area contributed by atoms with E-state index in [2.05, 4.69) is 12.2 Å². The van der Waals surface area contributed by atoms with E-state index in [4.69, 9.17) is 5.11 Å². The fourth-order valence-corrected chi connectivity index (χ4v) is 2.46. The number of unbranched alkanes of at least 4 members (excludes halogenated alkanes) is 2. The molecule has 0 saturated heterocycles. The highest BCUT2D eigenvalue weighted by Crippen LogP contribution is 2.28. The molecule has 0 heterocycles. The van der Waals surface area contributed by atoms with Crippen LogP contribution in [0.3, 0.4) is 0 Å². The second kappa shape index (κ2) is 8.11. The molecule has 0 unspecified atom stereocenters. The second-order valence-electron chi connectivity index (χ2n) is 5.45. The molecule has 0 aromatic carbocycles. The van der Waals surface area contributed by atoms with Gasteiger partial charge in [-0.2, -0.15) is 0 Å². The van der Waals surface area contributed by atoms with Gasteiger partial charge < -0.3 is 10.4 Å². The van der Waals surface area contributed by atoms with Crippen molar-refractivity contribution in [3.8, 4) is 0 Å². The average Bonchev–Trinajstić information content (AvgIpc) is 2.34. The van der Waals surface area contributed by atoms with Crippen molar-refractivity contribution in [3.63, 3.8) is 0 Å². The summed E-state index contributed by atoms with van der Waals surface area (Å²) in [6.45, 7) is 2.93. The number of carboxylic acids is 1. The molecule has 1 amide bonds. The fraction of sp³-hybridized carbons (Fsp3) is 0.857. The van der Waals surface area contributed by atoms with Crippen LogP contribution in [0, 0.1) is 11.8 Å². The molecule has 1 aliphatic carbocycles. The van der Waals surface area contributed by atoms with E-state index >= 15 is 0 Å². The molecule has 1 fully saturated rings. The zero-order valence-electron chi connectivity index (χ0n) is 11.3. The van der Waals surface area contributed by atoms with E-state index in [1.165, 1.54) is 0 Å². The van der Waals surface area contributed by atoms with Gasteiger partial charge in [0.1, 0.15) is 0 Å². The number of aliphatic carboxylic acids is 1. The van der Waals surface area contributed by atoms with Crippen molar-refractivity contribution < 1.29 is 14.7 Å². The van der Waals surface area contributed by atoms with Gasteiger partial charge >= 0.3 is 5.97 Å². The molecule has 104 valence electrons. The van der Waals surface area contributed by atoms with Crippen LogP contribution in [0.2, 0.25) is 0 Å². The van der Waals surface area contributed by atoms with Crippen LogP contribution in [-0.2, 0) is 9.59 Å². The molecule has 0 radical (unpaired) electrons. The fourth-order valence-electron chi connectivity index (χ4n) is 2.46.